The summed E-state index contributed by atoms with van der Waals surface area (Å²) in [6.07, 6.45) is 5.33. The van der Waals surface area contributed by atoms with Crippen LogP contribution in [0.5, 0.6) is 0 Å². The monoisotopic (exact) mass is 222 g/mol. The van der Waals surface area contributed by atoms with Crippen LogP contribution < -0.4 is 0 Å². The van der Waals surface area contributed by atoms with Gasteiger partial charge in [-0.25, -0.2) is 0 Å². The molecular formula is C14H19Cl. The van der Waals surface area contributed by atoms with Gasteiger partial charge in [0.15, 0.2) is 0 Å². The molecule has 0 heterocycles. The summed E-state index contributed by atoms with van der Waals surface area (Å²) in [5.74, 6) is 0.883. The Kier molecular flexibility index (Phi) is 3.35. The molecule has 0 amide bonds. The van der Waals surface area contributed by atoms with Crippen molar-refractivity contribution in [1.82, 2.24) is 0 Å². The normalized spacial score (nSPS) is 18.6. The molecule has 15 heavy (non-hydrogen) atoms. The third-order valence-corrected chi connectivity index (χ3v) is 4.09. The van der Waals surface area contributed by atoms with Crippen LogP contribution >= 0.6 is 11.6 Å². The molecule has 82 valence electrons. The molecule has 0 aromatic heterocycles. The number of aryl methyl sites for hydroxylation is 2. The van der Waals surface area contributed by atoms with Crippen molar-refractivity contribution in [1.29, 1.82) is 0 Å². The Balaban J connectivity index is 2.03. The summed E-state index contributed by atoms with van der Waals surface area (Å²) in [7, 11) is 0. The van der Waals surface area contributed by atoms with Gasteiger partial charge in [0.2, 0.25) is 0 Å². The van der Waals surface area contributed by atoms with E-state index in [0.29, 0.717) is 0 Å². The fourth-order valence-corrected chi connectivity index (χ4v) is 2.50. The molecule has 1 aliphatic rings. The van der Waals surface area contributed by atoms with Crippen molar-refractivity contribution in [2.75, 3.05) is 0 Å². The first kappa shape index (κ1) is 11.0. The second-order valence-electron chi connectivity index (χ2n) is 4.84. The third kappa shape index (κ3) is 2.55. The summed E-state index contributed by atoms with van der Waals surface area (Å²) in [5.41, 5.74) is 4.00. The standard InChI is InChI=1S/C14H19Cl/c1-10-6-7-13(8-11(10)2)14(15)9-12-4-3-5-12/h6-8,12,14H,3-5,9H2,1-2H3. The first-order chi connectivity index (χ1) is 7.16. The highest BCUT2D eigenvalue weighted by Gasteiger charge is 2.21. The molecule has 1 unspecified atom stereocenters. The lowest BCUT2D eigenvalue weighted by Crippen LogP contribution is -2.13. The van der Waals surface area contributed by atoms with Gasteiger partial charge in [0, 0.05) is 0 Å². The van der Waals surface area contributed by atoms with E-state index in [1.807, 2.05) is 0 Å². The molecule has 1 aliphatic carbocycles. The second kappa shape index (κ2) is 4.57. The fraction of sp³-hybridized carbons (Fsp3) is 0.571. The Morgan fingerprint density at radius 2 is 2.00 bits per heavy atom. The van der Waals surface area contributed by atoms with Crippen LogP contribution in [-0.2, 0) is 0 Å². The highest BCUT2D eigenvalue weighted by atomic mass is 35.5. The van der Waals surface area contributed by atoms with E-state index in [1.165, 1.54) is 36.0 Å². The highest BCUT2D eigenvalue weighted by molar-refractivity contribution is 6.20. The maximum atomic E-state index is 6.44. The fourth-order valence-electron chi connectivity index (χ4n) is 2.12. The molecule has 0 radical (unpaired) electrons. The van der Waals surface area contributed by atoms with Crippen LogP contribution in [0.3, 0.4) is 0 Å². The molecule has 0 aliphatic heterocycles. The Morgan fingerprint density at radius 1 is 1.27 bits per heavy atom. The molecule has 1 fully saturated rings. The minimum absolute atomic E-state index is 0.217. The van der Waals surface area contributed by atoms with Gasteiger partial charge in [-0.1, -0.05) is 37.5 Å². The van der Waals surface area contributed by atoms with Gasteiger partial charge < -0.3 is 0 Å². The molecule has 2 rings (SSSR count). The van der Waals surface area contributed by atoms with E-state index in [4.69, 9.17) is 11.6 Å². The van der Waals surface area contributed by atoms with Crippen molar-refractivity contribution in [3.8, 4) is 0 Å². The summed E-state index contributed by atoms with van der Waals surface area (Å²) in [6, 6.07) is 6.60. The number of halogens is 1. The van der Waals surface area contributed by atoms with E-state index in [0.717, 1.165) is 12.3 Å². The molecule has 0 spiro atoms. The molecular weight excluding hydrogens is 204 g/mol. The van der Waals surface area contributed by atoms with E-state index in [-0.39, 0.29) is 5.38 Å². The van der Waals surface area contributed by atoms with E-state index in [2.05, 4.69) is 32.0 Å². The number of hydrogen-bond acceptors (Lipinski definition) is 0. The zero-order valence-electron chi connectivity index (χ0n) is 9.59. The number of alkyl halides is 1. The zero-order chi connectivity index (χ0) is 10.8. The van der Waals surface area contributed by atoms with E-state index in [1.54, 1.807) is 0 Å². The van der Waals surface area contributed by atoms with Crippen molar-refractivity contribution in [3.05, 3.63) is 34.9 Å². The van der Waals surface area contributed by atoms with Crippen LogP contribution in [0.15, 0.2) is 18.2 Å². The maximum Gasteiger partial charge on any atom is 0.0588 e. The lowest BCUT2D eigenvalue weighted by atomic mass is 9.81. The summed E-state index contributed by atoms with van der Waals surface area (Å²) in [6.45, 7) is 4.31. The Bertz CT molecular complexity index is 339. The van der Waals surface area contributed by atoms with Crippen molar-refractivity contribution in [3.63, 3.8) is 0 Å². The first-order valence-corrected chi connectivity index (χ1v) is 6.31. The highest BCUT2D eigenvalue weighted by Crippen LogP contribution is 2.37. The van der Waals surface area contributed by atoms with E-state index < -0.39 is 0 Å². The Hall–Kier alpha value is -0.490. The van der Waals surface area contributed by atoms with Gasteiger partial charge in [-0.3, -0.25) is 0 Å². The third-order valence-electron chi connectivity index (χ3n) is 3.66. The van der Waals surface area contributed by atoms with E-state index in [9.17, 15) is 0 Å². The van der Waals surface area contributed by atoms with Gasteiger partial charge in [0.05, 0.1) is 5.38 Å². The average molecular weight is 223 g/mol. The van der Waals surface area contributed by atoms with Gasteiger partial charge >= 0.3 is 0 Å². The lowest BCUT2D eigenvalue weighted by Gasteiger charge is -2.27. The topological polar surface area (TPSA) is 0 Å². The number of hydrogen-bond donors (Lipinski definition) is 0. The van der Waals surface area contributed by atoms with E-state index >= 15 is 0 Å². The van der Waals surface area contributed by atoms with Gasteiger partial charge in [-0.05, 0) is 42.9 Å². The predicted molar refractivity (Wildman–Crippen MR) is 66.5 cm³/mol. The van der Waals surface area contributed by atoms with Crippen LogP contribution in [0, 0.1) is 19.8 Å². The van der Waals surface area contributed by atoms with Crippen LogP contribution in [0.4, 0.5) is 0 Å². The molecule has 1 aromatic rings. The molecule has 0 bridgehead atoms. The quantitative estimate of drug-likeness (QED) is 0.646. The van der Waals surface area contributed by atoms with Crippen LogP contribution in [0.1, 0.15) is 47.8 Å². The van der Waals surface area contributed by atoms with Crippen molar-refractivity contribution in [2.24, 2.45) is 5.92 Å². The molecule has 1 saturated carbocycles. The van der Waals surface area contributed by atoms with Gasteiger partial charge in [-0.2, -0.15) is 0 Å². The summed E-state index contributed by atoms with van der Waals surface area (Å²) >= 11 is 6.44. The average Bonchev–Trinajstić information content (AvgIpc) is 2.15. The Labute approximate surface area is 97.6 Å². The molecule has 1 atom stereocenters. The lowest BCUT2D eigenvalue weighted by molar-refractivity contribution is 0.293. The first-order valence-electron chi connectivity index (χ1n) is 5.88. The SMILES string of the molecule is Cc1ccc(C(Cl)CC2CCC2)cc1C. The van der Waals surface area contributed by atoms with Gasteiger partial charge in [0.25, 0.3) is 0 Å². The van der Waals surface area contributed by atoms with Crippen molar-refractivity contribution < 1.29 is 0 Å². The summed E-state index contributed by atoms with van der Waals surface area (Å²) in [5, 5.41) is 0.217. The summed E-state index contributed by atoms with van der Waals surface area (Å²) in [4.78, 5) is 0. The zero-order valence-corrected chi connectivity index (χ0v) is 10.3. The largest absolute Gasteiger partial charge is 0.118 e. The Morgan fingerprint density at radius 3 is 2.53 bits per heavy atom. The van der Waals surface area contributed by atoms with Crippen LogP contribution in [-0.4, -0.2) is 0 Å². The second-order valence-corrected chi connectivity index (χ2v) is 5.37. The smallest absolute Gasteiger partial charge is 0.0588 e. The molecule has 1 aromatic carbocycles. The molecule has 0 N–H and O–H groups in total. The van der Waals surface area contributed by atoms with Gasteiger partial charge in [0.1, 0.15) is 0 Å². The van der Waals surface area contributed by atoms with Crippen LogP contribution in [0.2, 0.25) is 0 Å². The number of rotatable bonds is 3. The number of benzene rings is 1. The van der Waals surface area contributed by atoms with Crippen molar-refractivity contribution in [2.45, 2.75) is 44.9 Å². The van der Waals surface area contributed by atoms with Gasteiger partial charge in [-0.15, -0.1) is 11.6 Å². The predicted octanol–water partition coefficient (Wildman–Crippen LogP) is 4.77. The summed E-state index contributed by atoms with van der Waals surface area (Å²) < 4.78 is 0. The molecule has 1 heteroatoms. The van der Waals surface area contributed by atoms with Crippen molar-refractivity contribution >= 4 is 11.6 Å². The molecule has 0 saturated heterocycles. The van der Waals surface area contributed by atoms with Crippen LogP contribution in [0.25, 0.3) is 0 Å². The minimum Gasteiger partial charge on any atom is -0.118 e. The minimum atomic E-state index is 0.217. The maximum absolute atomic E-state index is 6.44. The molecule has 0 nitrogen and oxygen atoms in total.